The minimum atomic E-state index is -1.35. The van der Waals surface area contributed by atoms with E-state index in [1.54, 1.807) is 0 Å². The molecule has 0 heterocycles. The number of benzene rings is 1. The van der Waals surface area contributed by atoms with Crippen molar-refractivity contribution in [2.75, 3.05) is 6.61 Å². The maximum Gasteiger partial charge on any atom is 0.183 e. The van der Waals surface area contributed by atoms with E-state index in [1.165, 1.54) is 0 Å². The predicted molar refractivity (Wildman–Crippen MR) is 50.3 cm³/mol. The van der Waals surface area contributed by atoms with E-state index < -0.39 is 19.0 Å². The largest absolute Gasteiger partial charge is 0.393 e. The van der Waals surface area contributed by atoms with Crippen molar-refractivity contribution in [3.05, 3.63) is 35.9 Å². The van der Waals surface area contributed by atoms with Crippen LogP contribution in [0.3, 0.4) is 0 Å². The van der Waals surface area contributed by atoms with Crippen LogP contribution in [0.1, 0.15) is 5.56 Å². The van der Waals surface area contributed by atoms with Gasteiger partial charge in [0.05, 0.1) is 13.2 Å². The molecule has 1 rings (SSSR count). The van der Waals surface area contributed by atoms with Crippen molar-refractivity contribution in [3.63, 3.8) is 0 Å². The molecule has 1 aromatic carbocycles. The zero-order valence-corrected chi connectivity index (χ0v) is 7.71. The second kappa shape index (κ2) is 5.72. The third kappa shape index (κ3) is 3.43. The molecule has 2 atom stereocenters. The van der Waals surface area contributed by atoms with Crippen molar-refractivity contribution in [3.8, 4) is 0 Å². The van der Waals surface area contributed by atoms with Gasteiger partial charge in [-0.1, -0.05) is 30.3 Å². The van der Waals surface area contributed by atoms with Crippen LogP contribution >= 0.6 is 0 Å². The summed E-state index contributed by atoms with van der Waals surface area (Å²) in [5.74, 6) is 0. The normalized spacial score (nSPS) is 15.1. The van der Waals surface area contributed by atoms with E-state index in [0.29, 0.717) is 0 Å². The molecule has 0 saturated carbocycles. The lowest BCUT2D eigenvalue weighted by Gasteiger charge is -2.15. The van der Waals surface area contributed by atoms with Crippen molar-refractivity contribution in [1.82, 2.24) is 0 Å². The van der Waals surface area contributed by atoms with Crippen molar-refractivity contribution < 1.29 is 20.1 Å². The summed E-state index contributed by atoms with van der Waals surface area (Å²) in [6.45, 7) is -0.310. The Labute approximate surface area is 82.4 Å². The number of hydrogen-bond acceptors (Lipinski definition) is 4. The maximum atomic E-state index is 9.15. The lowest BCUT2D eigenvalue weighted by Crippen LogP contribution is -2.31. The molecule has 0 aliphatic rings. The van der Waals surface area contributed by atoms with E-state index in [0.717, 1.165) is 5.56 Å². The van der Waals surface area contributed by atoms with Crippen LogP contribution in [0.25, 0.3) is 0 Å². The number of aliphatic hydroxyl groups excluding tert-OH is 3. The number of hydrogen-bond donors (Lipinski definition) is 3. The Morgan fingerprint density at radius 2 is 1.79 bits per heavy atom. The van der Waals surface area contributed by atoms with Crippen molar-refractivity contribution in [2.45, 2.75) is 19.0 Å². The van der Waals surface area contributed by atoms with Crippen LogP contribution in [-0.4, -0.2) is 34.3 Å². The summed E-state index contributed by atoms with van der Waals surface area (Å²) in [4.78, 5) is 0. The molecule has 0 unspecified atom stereocenters. The predicted octanol–water partition coefficient (Wildman–Crippen LogP) is -0.125. The molecule has 0 saturated heterocycles. The molecule has 0 aliphatic heterocycles. The molecule has 0 aromatic heterocycles. The van der Waals surface area contributed by atoms with Gasteiger partial charge in [-0.3, -0.25) is 0 Å². The fraction of sp³-hybridized carbons (Fsp3) is 0.400. The van der Waals surface area contributed by atoms with Crippen LogP contribution in [0.2, 0.25) is 0 Å². The monoisotopic (exact) mass is 198 g/mol. The van der Waals surface area contributed by atoms with Gasteiger partial charge in [-0.05, 0) is 5.56 Å². The molecule has 14 heavy (non-hydrogen) atoms. The topological polar surface area (TPSA) is 69.9 Å². The van der Waals surface area contributed by atoms with E-state index >= 15 is 0 Å². The lowest BCUT2D eigenvalue weighted by atomic mass is 10.2. The quantitative estimate of drug-likeness (QED) is 0.577. The van der Waals surface area contributed by atoms with Crippen LogP contribution in [0.4, 0.5) is 0 Å². The maximum absolute atomic E-state index is 9.15. The van der Waals surface area contributed by atoms with Crippen LogP contribution in [0.5, 0.6) is 0 Å². The Balaban J connectivity index is 2.34. The van der Waals surface area contributed by atoms with Crippen molar-refractivity contribution >= 4 is 0 Å². The van der Waals surface area contributed by atoms with Crippen LogP contribution < -0.4 is 0 Å². The first kappa shape index (κ1) is 11.1. The molecule has 3 N–H and O–H groups in total. The van der Waals surface area contributed by atoms with E-state index in [9.17, 15) is 0 Å². The fourth-order valence-corrected chi connectivity index (χ4v) is 0.957. The molecule has 1 aromatic rings. The van der Waals surface area contributed by atoms with Gasteiger partial charge in [0, 0.05) is 0 Å². The summed E-state index contributed by atoms with van der Waals surface area (Å²) >= 11 is 0. The molecule has 0 fully saturated rings. The minimum Gasteiger partial charge on any atom is -0.393 e. The van der Waals surface area contributed by atoms with E-state index in [1.807, 2.05) is 30.3 Å². The molecule has 0 aliphatic carbocycles. The molecular weight excluding hydrogens is 184 g/mol. The molecule has 0 radical (unpaired) electrons. The Morgan fingerprint density at radius 3 is 2.36 bits per heavy atom. The molecule has 4 nitrogen and oxygen atoms in total. The van der Waals surface area contributed by atoms with Gasteiger partial charge in [-0.15, -0.1) is 0 Å². The van der Waals surface area contributed by atoms with E-state index in [4.69, 9.17) is 20.1 Å². The van der Waals surface area contributed by atoms with Gasteiger partial charge in [-0.2, -0.15) is 0 Å². The van der Waals surface area contributed by atoms with Crippen LogP contribution in [0, 0.1) is 0 Å². The fourth-order valence-electron chi connectivity index (χ4n) is 0.957. The highest BCUT2D eigenvalue weighted by molar-refractivity contribution is 5.13. The zero-order valence-electron chi connectivity index (χ0n) is 7.71. The standard InChI is InChI=1S/C10H14O4/c11-6-9(12)10(13)14-7-8-4-2-1-3-5-8/h1-5,9-13H,6-7H2/t9-,10-/m0/s1. The van der Waals surface area contributed by atoms with Crippen molar-refractivity contribution in [1.29, 1.82) is 0 Å². The molecule has 4 heteroatoms. The van der Waals surface area contributed by atoms with E-state index in [-0.39, 0.29) is 6.61 Å². The van der Waals surface area contributed by atoms with Gasteiger partial charge in [0.2, 0.25) is 0 Å². The van der Waals surface area contributed by atoms with Gasteiger partial charge in [0.1, 0.15) is 6.10 Å². The summed E-state index contributed by atoms with van der Waals surface area (Å²) in [5.41, 5.74) is 0.900. The average molecular weight is 198 g/mol. The van der Waals surface area contributed by atoms with Gasteiger partial charge in [-0.25, -0.2) is 0 Å². The summed E-state index contributed by atoms with van der Waals surface area (Å²) < 4.78 is 4.93. The molecule has 0 spiro atoms. The molecular formula is C10H14O4. The summed E-state index contributed by atoms with van der Waals surface area (Å²) in [5, 5.41) is 26.6. The highest BCUT2D eigenvalue weighted by Crippen LogP contribution is 2.04. The first-order valence-corrected chi connectivity index (χ1v) is 4.36. The first-order chi connectivity index (χ1) is 6.74. The summed E-state index contributed by atoms with van der Waals surface area (Å²) in [6.07, 6.45) is -2.60. The Bertz CT molecular complexity index is 250. The Kier molecular flexibility index (Phi) is 4.55. The SMILES string of the molecule is OC[C@H](O)[C@@H](O)OCc1ccccc1. The van der Waals surface area contributed by atoms with Gasteiger partial charge in [0.25, 0.3) is 0 Å². The Hall–Kier alpha value is -0.940. The minimum absolute atomic E-state index is 0.207. The number of ether oxygens (including phenoxy) is 1. The second-order valence-electron chi connectivity index (χ2n) is 2.94. The molecule has 78 valence electrons. The van der Waals surface area contributed by atoms with Crippen LogP contribution in [-0.2, 0) is 11.3 Å². The van der Waals surface area contributed by atoms with Gasteiger partial charge < -0.3 is 20.1 Å². The third-order valence-corrected chi connectivity index (χ3v) is 1.78. The lowest BCUT2D eigenvalue weighted by molar-refractivity contribution is -0.177. The third-order valence-electron chi connectivity index (χ3n) is 1.78. The van der Waals surface area contributed by atoms with Crippen molar-refractivity contribution in [2.24, 2.45) is 0 Å². The number of aliphatic hydroxyl groups is 3. The summed E-state index contributed by atoms with van der Waals surface area (Å²) in [6, 6.07) is 9.28. The zero-order chi connectivity index (χ0) is 10.4. The Morgan fingerprint density at radius 1 is 1.14 bits per heavy atom. The van der Waals surface area contributed by atoms with Gasteiger partial charge in [0.15, 0.2) is 6.29 Å². The van der Waals surface area contributed by atoms with E-state index in [2.05, 4.69) is 0 Å². The average Bonchev–Trinajstić information content (AvgIpc) is 2.26. The second-order valence-corrected chi connectivity index (χ2v) is 2.94. The highest BCUT2D eigenvalue weighted by Gasteiger charge is 2.14. The highest BCUT2D eigenvalue weighted by atomic mass is 16.6. The first-order valence-electron chi connectivity index (χ1n) is 4.36. The molecule has 0 amide bonds. The van der Waals surface area contributed by atoms with Gasteiger partial charge >= 0.3 is 0 Å². The summed E-state index contributed by atoms with van der Waals surface area (Å²) in [7, 11) is 0. The number of rotatable bonds is 5. The smallest absolute Gasteiger partial charge is 0.183 e. The molecule has 0 bridgehead atoms. The van der Waals surface area contributed by atoms with Crippen LogP contribution in [0.15, 0.2) is 30.3 Å².